The minimum absolute atomic E-state index is 0.486. The normalized spacial score (nSPS) is 10.7. The molecule has 0 atom stereocenters. The number of hydrogen-bond acceptors (Lipinski definition) is 4. The second kappa shape index (κ2) is 8.72. The summed E-state index contributed by atoms with van der Waals surface area (Å²) in [6.45, 7) is 2.54. The van der Waals surface area contributed by atoms with Crippen LogP contribution in [-0.2, 0) is 6.61 Å². The van der Waals surface area contributed by atoms with E-state index in [0.29, 0.717) is 18.1 Å². The fourth-order valence-electron chi connectivity index (χ4n) is 2.43. The predicted molar refractivity (Wildman–Crippen MR) is 106 cm³/mol. The summed E-state index contributed by atoms with van der Waals surface area (Å²) in [7, 11) is 1.64. The third-order valence-corrected chi connectivity index (χ3v) is 3.88. The molecule has 4 nitrogen and oxygen atoms in total. The molecule has 4 heteroatoms. The Morgan fingerprint density at radius 1 is 0.923 bits per heavy atom. The molecule has 0 amide bonds. The second-order valence-electron chi connectivity index (χ2n) is 5.92. The monoisotopic (exact) mass is 346 g/mol. The molecule has 3 aromatic carbocycles. The summed E-state index contributed by atoms with van der Waals surface area (Å²) < 4.78 is 11.3. The molecule has 0 bridgehead atoms. The molecule has 3 aromatic rings. The maximum Gasteiger partial charge on any atom is 0.162 e. The van der Waals surface area contributed by atoms with E-state index in [0.717, 1.165) is 16.8 Å². The lowest BCUT2D eigenvalue weighted by Gasteiger charge is -2.11. The van der Waals surface area contributed by atoms with Gasteiger partial charge in [0.15, 0.2) is 11.5 Å². The molecule has 0 unspecified atom stereocenters. The first kappa shape index (κ1) is 17.5. The molecule has 0 heterocycles. The van der Waals surface area contributed by atoms with Crippen molar-refractivity contribution in [2.45, 2.75) is 13.5 Å². The summed E-state index contributed by atoms with van der Waals surface area (Å²) in [6, 6.07) is 23.9. The van der Waals surface area contributed by atoms with Crippen molar-refractivity contribution in [2.75, 3.05) is 12.5 Å². The van der Waals surface area contributed by atoms with Crippen LogP contribution in [0.5, 0.6) is 11.5 Å². The van der Waals surface area contributed by atoms with E-state index in [2.05, 4.69) is 17.5 Å². The van der Waals surface area contributed by atoms with E-state index in [9.17, 15) is 0 Å². The number of benzene rings is 3. The van der Waals surface area contributed by atoms with Crippen LogP contribution in [-0.4, -0.2) is 13.3 Å². The predicted octanol–water partition coefficient (Wildman–Crippen LogP) is 5.03. The van der Waals surface area contributed by atoms with Crippen LogP contribution < -0.4 is 14.9 Å². The standard InChI is InChI=1S/C22H22N2O2/c1-17-8-11-20(12-9-17)24-23-15-19-10-13-21(25-2)22(14-19)26-16-18-6-4-3-5-7-18/h3-15,24H,16H2,1-2H3. The van der Waals surface area contributed by atoms with Gasteiger partial charge in [0.2, 0.25) is 0 Å². The highest BCUT2D eigenvalue weighted by atomic mass is 16.5. The van der Waals surface area contributed by atoms with Crippen molar-refractivity contribution in [1.29, 1.82) is 0 Å². The van der Waals surface area contributed by atoms with Gasteiger partial charge in [-0.2, -0.15) is 5.10 Å². The molecule has 26 heavy (non-hydrogen) atoms. The Kier molecular flexibility index (Phi) is 5.88. The number of hydrogen-bond donors (Lipinski definition) is 1. The van der Waals surface area contributed by atoms with Gasteiger partial charge in [0.25, 0.3) is 0 Å². The Morgan fingerprint density at radius 3 is 2.42 bits per heavy atom. The zero-order chi connectivity index (χ0) is 18.2. The van der Waals surface area contributed by atoms with Gasteiger partial charge in [0.1, 0.15) is 6.61 Å². The molecule has 1 N–H and O–H groups in total. The summed E-state index contributed by atoms with van der Waals surface area (Å²) in [6.07, 6.45) is 1.76. The van der Waals surface area contributed by atoms with E-state index >= 15 is 0 Å². The molecule has 0 aromatic heterocycles. The number of anilines is 1. The third kappa shape index (κ3) is 4.86. The number of ether oxygens (including phenoxy) is 2. The van der Waals surface area contributed by atoms with Crippen molar-refractivity contribution in [2.24, 2.45) is 5.10 Å². The molecule has 0 aliphatic heterocycles. The van der Waals surface area contributed by atoms with Gasteiger partial charge < -0.3 is 9.47 Å². The van der Waals surface area contributed by atoms with E-state index in [1.807, 2.05) is 72.8 Å². The molecule has 0 saturated heterocycles. The topological polar surface area (TPSA) is 42.8 Å². The lowest BCUT2D eigenvalue weighted by Crippen LogP contribution is -1.99. The van der Waals surface area contributed by atoms with Crippen LogP contribution in [0.1, 0.15) is 16.7 Å². The lowest BCUT2D eigenvalue weighted by molar-refractivity contribution is 0.284. The number of nitrogens with zero attached hydrogens (tertiary/aromatic N) is 1. The number of aryl methyl sites for hydroxylation is 1. The zero-order valence-electron chi connectivity index (χ0n) is 15.0. The van der Waals surface area contributed by atoms with Gasteiger partial charge in [-0.15, -0.1) is 0 Å². The molecule has 0 radical (unpaired) electrons. The van der Waals surface area contributed by atoms with Crippen molar-refractivity contribution in [3.63, 3.8) is 0 Å². The molecule has 0 saturated carbocycles. The van der Waals surface area contributed by atoms with Crippen LogP contribution in [0.4, 0.5) is 5.69 Å². The van der Waals surface area contributed by atoms with Gasteiger partial charge in [-0.1, -0.05) is 48.0 Å². The Morgan fingerprint density at radius 2 is 1.69 bits per heavy atom. The number of rotatable bonds is 7. The molecule has 0 aliphatic carbocycles. The largest absolute Gasteiger partial charge is 0.493 e. The van der Waals surface area contributed by atoms with E-state index in [-0.39, 0.29) is 0 Å². The quantitative estimate of drug-likeness (QED) is 0.482. The minimum atomic E-state index is 0.486. The van der Waals surface area contributed by atoms with Crippen molar-refractivity contribution < 1.29 is 9.47 Å². The zero-order valence-corrected chi connectivity index (χ0v) is 15.0. The van der Waals surface area contributed by atoms with E-state index in [1.165, 1.54) is 5.56 Å². The molecular weight excluding hydrogens is 324 g/mol. The van der Waals surface area contributed by atoms with Gasteiger partial charge in [-0.25, -0.2) is 0 Å². The van der Waals surface area contributed by atoms with Gasteiger partial charge in [0, 0.05) is 0 Å². The first-order valence-electron chi connectivity index (χ1n) is 8.45. The number of methoxy groups -OCH3 is 1. The first-order chi connectivity index (χ1) is 12.7. The number of hydrazone groups is 1. The summed E-state index contributed by atoms with van der Waals surface area (Å²) in [5.41, 5.74) is 7.22. The summed E-state index contributed by atoms with van der Waals surface area (Å²) in [5, 5.41) is 4.29. The summed E-state index contributed by atoms with van der Waals surface area (Å²) in [4.78, 5) is 0. The maximum atomic E-state index is 5.93. The fourth-order valence-corrected chi connectivity index (χ4v) is 2.43. The van der Waals surface area contributed by atoms with Crippen LogP contribution in [0.15, 0.2) is 77.9 Å². The van der Waals surface area contributed by atoms with E-state index < -0.39 is 0 Å². The van der Waals surface area contributed by atoms with E-state index in [4.69, 9.17) is 9.47 Å². The lowest BCUT2D eigenvalue weighted by atomic mass is 10.2. The second-order valence-corrected chi connectivity index (χ2v) is 5.92. The van der Waals surface area contributed by atoms with Gasteiger partial charge in [0.05, 0.1) is 19.0 Å². The highest BCUT2D eigenvalue weighted by Gasteiger charge is 2.05. The van der Waals surface area contributed by atoms with Crippen molar-refractivity contribution in [3.8, 4) is 11.5 Å². The van der Waals surface area contributed by atoms with Gasteiger partial charge in [-0.05, 0) is 48.4 Å². The first-order valence-corrected chi connectivity index (χ1v) is 8.45. The maximum absolute atomic E-state index is 5.93. The van der Waals surface area contributed by atoms with Gasteiger partial charge in [-0.3, -0.25) is 5.43 Å². The van der Waals surface area contributed by atoms with E-state index in [1.54, 1.807) is 13.3 Å². The number of nitrogens with one attached hydrogen (secondary N) is 1. The van der Waals surface area contributed by atoms with Crippen molar-refractivity contribution >= 4 is 11.9 Å². The smallest absolute Gasteiger partial charge is 0.162 e. The Labute approximate surface area is 154 Å². The Bertz CT molecular complexity index is 859. The fraction of sp³-hybridized carbons (Fsp3) is 0.136. The van der Waals surface area contributed by atoms with Crippen LogP contribution in [0.25, 0.3) is 0 Å². The Hall–Kier alpha value is -3.27. The third-order valence-electron chi connectivity index (χ3n) is 3.88. The molecule has 132 valence electrons. The average molecular weight is 346 g/mol. The highest BCUT2D eigenvalue weighted by Crippen LogP contribution is 2.28. The highest BCUT2D eigenvalue weighted by molar-refractivity contribution is 5.81. The van der Waals surface area contributed by atoms with Crippen LogP contribution in [0.3, 0.4) is 0 Å². The van der Waals surface area contributed by atoms with Crippen LogP contribution >= 0.6 is 0 Å². The summed E-state index contributed by atoms with van der Waals surface area (Å²) >= 11 is 0. The van der Waals surface area contributed by atoms with Crippen LogP contribution in [0, 0.1) is 6.92 Å². The molecule has 0 aliphatic rings. The Balaban J connectivity index is 1.67. The minimum Gasteiger partial charge on any atom is -0.493 e. The summed E-state index contributed by atoms with van der Waals surface area (Å²) in [5.74, 6) is 1.39. The van der Waals surface area contributed by atoms with Gasteiger partial charge >= 0.3 is 0 Å². The molecule has 3 rings (SSSR count). The van der Waals surface area contributed by atoms with Crippen molar-refractivity contribution in [1.82, 2.24) is 0 Å². The molecule has 0 spiro atoms. The molecule has 0 fully saturated rings. The van der Waals surface area contributed by atoms with Crippen LogP contribution in [0.2, 0.25) is 0 Å². The molecular formula is C22H22N2O2. The average Bonchev–Trinajstić information content (AvgIpc) is 2.69. The SMILES string of the molecule is COc1ccc(C=NNc2ccc(C)cc2)cc1OCc1ccccc1. The van der Waals surface area contributed by atoms with Crippen molar-refractivity contribution in [3.05, 3.63) is 89.5 Å².